The largest absolute Gasteiger partial charge is 0.387 e. The molecule has 1 aromatic carbocycles. The highest BCUT2D eigenvalue weighted by atomic mass is 16.3. The first-order chi connectivity index (χ1) is 10.8. The van der Waals surface area contributed by atoms with Crippen LogP contribution in [0.2, 0.25) is 0 Å². The summed E-state index contributed by atoms with van der Waals surface area (Å²) in [4.78, 5) is 17.1. The van der Waals surface area contributed by atoms with E-state index in [0.717, 1.165) is 37.3 Å². The lowest BCUT2D eigenvalue weighted by atomic mass is 9.99. The van der Waals surface area contributed by atoms with Crippen LogP contribution in [0.1, 0.15) is 31.1 Å². The van der Waals surface area contributed by atoms with Crippen LogP contribution in [0.25, 0.3) is 0 Å². The van der Waals surface area contributed by atoms with E-state index >= 15 is 0 Å². The van der Waals surface area contributed by atoms with Gasteiger partial charge in [0.05, 0.1) is 11.6 Å². The van der Waals surface area contributed by atoms with Gasteiger partial charge < -0.3 is 15.3 Å². The molecule has 1 atom stereocenters. The molecule has 5 nitrogen and oxygen atoms in total. The average Bonchev–Trinajstić information content (AvgIpc) is 2.53. The van der Waals surface area contributed by atoms with E-state index < -0.39 is 11.6 Å². The molecule has 0 aromatic heterocycles. The third-order valence-electron chi connectivity index (χ3n) is 4.85. The molecule has 5 heteroatoms. The van der Waals surface area contributed by atoms with Crippen LogP contribution in [0, 0.1) is 6.92 Å². The van der Waals surface area contributed by atoms with Crippen molar-refractivity contribution >= 4 is 5.91 Å². The van der Waals surface area contributed by atoms with E-state index in [9.17, 15) is 9.90 Å². The Hall–Kier alpha value is -1.43. The van der Waals surface area contributed by atoms with Crippen LogP contribution in [0.4, 0.5) is 0 Å². The molecule has 1 unspecified atom stereocenters. The molecule has 128 valence electrons. The highest BCUT2D eigenvalue weighted by molar-refractivity contribution is 5.85. The molecular weight excluding hydrogens is 290 g/mol. The summed E-state index contributed by atoms with van der Waals surface area (Å²) in [7, 11) is 2.10. The van der Waals surface area contributed by atoms with Gasteiger partial charge in [0.2, 0.25) is 5.91 Å². The molecule has 1 fully saturated rings. The number of likely N-dealkylation sites (N-methyl/N-ethyl adjacent to an activating group) is 1. The number of aryl methyl sites for hydroxylation is 1. The van der Waals surface area contributed by atoms with Crippen LogP contribution in [-0.2, 0) is 4.79 Å². The lowest BCUT2D eigenvalue weighted by Crippen LogP contribution is -2.60. The number of aliphatic hydroxyl groups excluding tert-OH is 1. The standard InChI is InChI=1S/C18H29N3O2/c1-14-7-5-6-8-15(14)16(22)13-19-17(23)18(2,3)21-11-9-20(4)10-12-21/h5-8,16,22H,9-13H2,1-4H3,(H,19,23). The first kappa shape index (κ1) is 17.9. The molecular formula is C18H29N3O2. The lowest BCUT2D eigenvalue weighted by molar-refractivity contribution is -0.133. The second-order valence-corrected chi connectivity index (χ2v) is 6.93. The number of piperazine rings is 1. The highest BCUT2D eigenvalue weighted by Crippen LogP contribution is 2.19. The van der Waals surface area contributed by atoms with Crippen molar-refractivity contribution < 1.29 is 9.90 Å². The average molecular weight is 319 g/mol. The van der Waals surface area contributed by atoms with Crippen molar-refractivity contribution in [2.24, 2.45) is 0 Å². The molecule has 0 bridgehead atoms. The summed E-state index contributed by atoms with van der Waals surface area (Å²) in [6.45, 7) is 9.83. The summed E-state index contributed by atoms with van der Waals surface area (Å²) in [6.07, 6.45) is -0.677. The van der Waals surface area contributed by atoms with E-state index in [4.69, 9.17) is 0 Å². The predicted molar refractivity (Wildman–Crippen MR) is 92.3 cm³/mol. The molecule has 1 saturated heterocycles. The van der Waals surface area contributed by atoms with Gasteiger partial charge in [0, 0.05) is 32.7 Å². The zero-order valence-electron chi connectivity index (χ0n) is 14.7. The normalized spacial score (nSPS) is 18.7. The number of carbonyl (C=O) groups excluding carboxylic acids is 1. The first-order valence-corrected chi connectivity index (χ1v) is 8.28. The first-order valence-electron chi connectivity index (χ1n) is 8.28. The van der Waals surface area contributed by atoms with Crippen LogP contribution in [0.5, 0.6) is 0 Å². The summed E-state index contributed by atoms with van der Waals surface area (Å²) >= 11 is 0. The van der Waals surface area contributed by atoms with E-state index in [-0.39, 0.29) is 12.5 Å². The number of nitrogens with zero attached hydrogens (tertiary/aromatic N) is 2. The van der Waals surface area contributed by atoms with Gasteiger partial charge in [-0.1, -0.05) is 24.3 Å². The Morgan fingerprint density at radius 3 is 2.48 bits per heavy atom. The quantitative estimate of drug-likeness (QED) is 0.855. The molecule has 1 aromatic rings. The van der Waals surface area contributed by atoms with E-state index in [1.54, 1.807) is 0 Å². The topological polar surface area (TPSA) is 55.8 Å². The molecule has 0 saturated carbocycles. The van der Waals surface area contributed by atoms with Gasteiger partial charge >= 0.3 is 0 Å². The minimum Gasteiger partial charge on any atom is -0.387 e. The van der Waals surface area contributed by atoms with Gasteiger partial charge in [0.15, 0.2) is 0 Å². The molecule has 1 amide bonds. The number of carbonyl (C=O) groups is 1. The van der Waals surface area contributed by atoms with Gasteiger partial charge in [0.25, 0.3) is 0 Å². The molecule has 2 N–H and O–H groups in total. The summed E-state index contributed by atoms with van der Waals surface area (Å²) in [6, 6.07) is 7.72. The van der Waals surface area contributed by atoms with Crippen molar-refractivity contribution in [2.75, 3.05) is 39.8 Å². The van der Waals surface area contributed by atoms with Gasteiger partial charge in [0.1, 0.15) is 0 Å². The molecule has 1 heterocycles. The second-order valence-electron chi connectivity index (χ2n) is 6.93. The van der Waals surface area contributed by atoms with Gasteiger partial charge in [-0.05, 0) is 38.9 Å². The molecule has 0 aliphatic carbocycles. The number of aliphatic hydroxyl groups is 1. The molecule has 2 rings (SSSR count). The Labute approximate surface area is 139 Å². The van der Waals surface area contributed by atoms with E-state index in [1.807, 2.05) is 45.0 Å². The summed E-state index contributed by atoms with van der Waals surface area (Å²) < 4.78 is 0. The lowest BCUT2D eigenvalue weighted by Gasteiger charge is -2.42. The molecule has 23 heavy (non-hydrogen) atoms. The number of hydrogen-bond donors (Lipinski definition) is 2. The maximum atomic E-state index is 12.6. The second kappa shape index (κ2) is 7.43. The molecule has 1 aliphatic rings. The number of rotatable bonds is 5. The van der Waals surface area contributed by atoms with Crippen LogP contribution >= 0.6 is 0 Å². The Balaban J connectivity index is 1.92. The van der Waals surface area contributed by atoms with Crippen molar-refractivity contribution in [3.8, 4) is 0 Å². The van der Waals surface area contributed by atoms with Crippen LogP contribution < -0.4 is 5.32 Å². The Morgan fingerprint density at radius 2 is 1.87 bits per heavy atom. The SMILES string of the molecule is Cc1ccccc1C(O)CNC(=O)C(C)(C)N1CCN(C)CC1. The van der Waals surface area contributed by atoms with Crippen molar-refractivity contribution in [3.05, 3.63) is 35.4 Å². The third kappa shape index (κ3) is 4.31. The molecule has 0 spiro atoms. The summed E-state index contributed by atoms with van der Waals surface area (Å²) in [5.74, 6) is -0.0327. The number of benzene rings is 1. The van der Waals surface area contributed by atoms with Crippen molar-refractivity contribution in [2.45, 2.75) is 32.4 Å². The fourth-order valence-corrected chi connectivity index (χ4v) is 2.99. The van der Waals surface area contributed by atoms with Gasteiger partial charge in [-0.3, -0.25) is 9.69 Å². The number of hydrogen-bond acceptors (Lipinski definition) is 4. The van der Waals surface area contributed by atoms with Crippen molar-refractivity contribution in [1.82, 2.24) is 15.1 Å². The Kier molecular flexibility index (Phi) is 5.79. The zero-order chi connectivity index (χ0) is 17.0. The number of amides is 1. The summed E-state index contributed by atoms with van der Waals surface area (Å²) in [5, 5.41) is 13.2. The maximum absolute atomic E-state index is 12.6. The molecule has 1 aliphatic heterocycles. The monoisotopic (exact) mass is 319 g/mol. The fourth-order valence-electron chi connectivity index (χ4n) is 2.99. The van der Waals surface area contributed by atoms with E-state index in [2.05, 4.69) is 22.2 Å². The van der Waals surface area contributed by atoms with E-state index in [1.165, 1.54) is 0 Å². The van der Waals surface area contributed by atoms with Gasteiger partial charge in [-0.2, -0.15) is 0 Å². The minimum atomic E-state index is -0.677. The van der Waals surface area contributed by atoms with Crippen LogP contribution in [0.3, 0.4) is 0 Å². The smallest absolute Gasteiger partial charge is 0.240 e. The maximum Gasteiger partial charge on any atom is 0.240 e. The predicted octanol–water partition coefficient (Wildman–Crippen LogP) is 1.17. The van der Waals surface area contributed by atoms with Crippen molar-refractivity contribution in [3.63, 3.8) is 0 Å². The fraction of sp³-hybridized carbons (Fsp3) is 0.611. The molecule has 0 radical (unpaired) electrons. The van der Waals surface area contributed by atoms with Gasteiger partial charge in [-0.25, -0.2) is 0 Å². The van der Waals surface area contributed by atoms with Crippen molar-refractivity contribution in [1.29, 1.82) is 0 Å². The number of nitrogens with one attached hydrogen (secondary N) is 1. The zero-order valence-corrected chi connectivity index (χ0v) is 14.7. The van der Waals surface area contributed by atoms with E-state index in [0.29, 0.717) is 0 Å². The van der Waals surface area contributed by atoms with Gasteiger partial charge in [-0.15, -0.1) is 0 Å². The minimum absolute atomic E-state index is 0.0327. The Morgan fingerprint density at radius 1 is 1.26 bits per heavy atom. The van der Waals surface area contributed by atoms with Crippen LogP contribution in [0.15, 0.2) is 24.3 Å². The Bertz CT molecular complexity index is 537. The third-order valence-corrected chi connectivity index (χ3v) is 4.85. The van der Waals surface area contributed by atoms with Crippen LogP contribution in [-0.4, -0.2) is 66.1 Å². The highest BCUT2D eigenvalue weighted by Gasteiger charge is 2.35. The summed E-state index contributed by atoms with van der Waals surface area (Å²) in [5.41, 5.74) is 1.34.